The molecule has 3 N–H and O–H groups in total. The fourth-order valence-corrected chi connectivity index (χ4v) is 2.92. The predicted octanol–water partition coefficient (Wildman–Crippen LogP) is 2.84. The minimum absolute atomic E-state index is 0.0421. The van der Waals surface area contributed by atoms with Gasteiger partial charge in [-0.15, -0.1) is 11.3 Å². The van der Waals surface area contributed by atoms with Gasteiger partial charge < -0.3 is 11.1 Å². The molecule has 0 spiro atoms. The predicted molar refractivity (Wildman–Crippen MR) is 73.1 cm³/mol. The van der Waals surface area contributed by atoms with E-state index in [1.54, 1.807) is 6.07 Å². The molecule has 0 aliphatic rings. The van der Waals surface area contributed by atoms with Gasteiger partial charge in [-0.2, -0.15) is 0 Å². The monoisotopic (exact) mass is 267 g/mol. The Morgan fingerprint density at radius 3 is 3.06 bits per heavy atom. The van der Waals surface area contributed by atoms with Gasteiger partial charge in [-0.25, -0.2) is 4.98 Å². The van der Waals surface area contributed by atoms with Gasteiger partial charge in [-0.05, 0) is 17.9 Å². The Balaban J connectivity index is 2.21. The number of ketones is 1. The van der Waals surface area contributed by atoms with Crippen molar-refractivity contribution in [1.82, 2.24) is 4.98 Å². The number of aromatic nitrogens is 1. The number of nitrogens with one attached hydrogen (secondary N) is 1. The lowest BCUT2D eigenvalue weighted by Crippen LogP contribution is -2.00. The number of thiophene rings is 1. The smallest absolute Gasteiger partial charge is 0.216 e. The van der Waals surface area contributed by atoms with E-state index in [1.807, 2.05) is 11.4 Å². The molecular formula is C11H13N3OS2. The normalized spacial score (nSPS) is 10.4. The molecule has 2 aromatic heterocycles. The van der Waals surface area contributed by atoms with Crippen LogP contribution >= 0.6 is 22.7 Å². The summed E-state index contributed by atoms with van der Waals surface area (Å²) in [5.41, 5.74) is 5.76. The molecule has 0 saturated carbocycles. The molecule has 4 nitrogen and oxygen atoms in total. The topological polar surface area (TPSA) is 68.0 Å². The van der Waals surface area contributed by atoms with Crippen molar-refractivity contribution in [2.24, 2.45) is 0 Å². The van der Waals surface area contributed by atoms with E-state index in [9.17, 15) is 4.79 Å². The molecule has 0 aliphatic heterocycles. The van der Waals surface area contributed by atoms with Crippen molar-refractivity contribution in [3.05, 3.63) is 27.3 Å². The molecule has 2 heterocycles. The first-order chi connectivity index (χ1) is 8.22. The van der Waals surface area contributed by atoms with Crippen LogP contribution in [0.4, 0.5) is 10.9 Å². The molecule has 0 aromatic carbocycles. The largest absolute Gasteiger partial charge is 0.382 e. The highest BCUT2D eigenvalue weighted by Crippen LogP contribution is 2.28. The molecule has 2 rings (SSSR count). The lowest BCUT2D eigenvalue weighted by atomic mass is 10.3. The number of anilines is 2. The molecule has 0 atom stereocenters. The second-order valence-corrected chi connectivity index (χ2v) is 5.41. The number of thiazole rings is 1. The summed E-state index contributed by atoms with van der Waals surface area (Å²) in [6.45, 7) is 2.90. The van der Waals surface area contributed by atoms with Crippen LogP contribution in [0.2, 0.25) is 0 Å². The van der Waals surface area contributed by atoms with Crippen molar-refractivity contribution in [3.8, 4) is 0 Å². The Hall–Kier alpha value is -1.40. The number of nitrogens with two attached hydrogens (primary N) is 1. The van der Waals surface area contributed by atoms with Crippen molar-refractivity contribution in [3.63, 3.8) is 0 Å². The molecule has 6 heteroatoms. The summed E-state index contributed by atoms with van der Waals surface area (Å²) >= 11 is 2.73. The molecule has 0 radical (unpaired) electrons. The second kappa shape index (κ2) is 5.29. The van der Waals surface area contributed by atoms with Gasteiger partial charge in [0.15, 0.2) is 5.13 Å². The lowest BCUT2D eigenvalue weighted by Gasteiger charge is -1.96. The number of nitrogen functional groups attached to an aromatic ring is 1. The maximum atomic E-state index is 12.1. The van der Waals surface area contributed by atoms with Crippen LogP contribution in [0.25, 0.3) is 0 Å². The third kappa shape index (κ3) is 2.65. The van der Waals surface area contributed by atoms with Gasteiger partial charge in [-0.3, -0.25) is 4.79 Å². The molecule has 0 aliphatic carbocycles. The van der Waals surface area contributed by atoms with Crippen LogP contribution in [0.15, 0.2) is 17.5 Å². The van der Waals surface area contributed by atoms with E-state index >= 15 is 0 Å². The van der Waals surface area contributed by atoms with Crippen LogP contribution in [-0.2, 0) is 0 Å². The zero-order valence-corrected chi connectivity index (χ0v) is 11.0. The Morgan fingerprint density at radius 2 is 2.41 bits per heavy atom. The van der Waals surface area contributed by atoms with Crippen LogP contribution in [-0.4, -0.2) is 17.3 Å². The standard InChI is InChI=1S/C11H13N3OS2/c1-2-5-13-11-14-10(12)9(17-11)8(15)7-4-3-6-16-7/h3-4,6H,2,5,12H2,1H3,(H,13,14). The number of rotatable bonds is 5. The van der Waals surface area contributed by atoms with E-state index in [4.69, 9.17) is 5.73 Å². The van der Waals surface area contributed by atoms with Crippen molar-refractivity contribution in [2.75, 3.05) is 17.6 Å². The van der Waals surface area contributed by atoms with Crippen LogP contribution in [0.5, 0.6) is 0 Å². The second-order valence-electron chi connectivity index (χ2n) is 3.47. The first kappa shape index (κ1) is 12.1. The van der Waals surface area contributed by atoms with E-state index in [1.165, 1.54) is 22.7 Å². The molecule has 0 unspecified atom stereocenters. The fraction of sp³-hybridized carbons (Fsp3) is 0.273. The highest BCUT2D eigenvalue weighted by molar-refractivity contribution is 7.19. The number of carbonyl (C=O) groups is 1. The zero-order valence-electron chi connectivity index (χ0n) is 9.40. The molecule has 17 heavy (non-hydrogen) atoms. The molecular weight excluding hydrogens is 254 g/mol. The lowest BCUT2D eigenvalue weighted by molar-refractivity contribution is 0.104. The van der Waals surface area contributed by atoms with Crippen molar-refractivity contribution in [1.29, 1.82) is 0 Å². The minimum atomic E-state index is -0.0421. The van der Waals surface area contributed by atoms with Crippen LogP contribution in [0.3, 0.4) is 0 Å². The maximum absolute atomic E-state index is 12.1. The van der Waals surface area contributed by atoms with Gasteiger partial charge in [0.25, 0.3) is 0 Å². The summed E-state index contributed by atoms with van der Waals surface area (Å²) in [4.78, 5) is 17.5. The van der Waals surface area contributed by atoms with Crippen LogP contribution in [0.1, 0.15) is 27.9 Å². The summed E-state index contributed by atoms with van der Waals surface area (Å²) in [5, 5.41) is 5.72. The quantitative estimate of drug-likeness (QED) is 0.817. The molecule has 0 amide bonds. The van der Waals surface area contributed by atoms with Gasteiger partial charge in [0.2, 0.25) is 5.78 Å². The van der Waals surface area contributed by atoms with Gasteiger partial charge >= 0.3 is 0 Å². The summed E-state index contributed by atoms with van der Waals surface area (Å²) < 4.78 is 0. The van der Waals surface area contributed by atoms with Gasteiger partial charge in [-0.1, -0.05) is 24.3 Å². The van der Waals surface area contributed by atoms with Crippen molar-refractivity contribution in [2.45, 2.75) is 13.3 Å². The Kier molecular flexibility index (Phi) is 3.75. The zero-order chi connectivity index (χ0) is 12.3. The Labute approximate surface area is 107 Å². The molecule has 0 bridgehead atoms. The van der Waals surface area contributed by atoms with Crippen LogP contribution in [0, 0.1) is 0 Å². The Bertz CT molecular complexity index is 505. The molecule has 0 fully saturated rings. The number of carbonyl (C=O) groups excluding carboxylic acids is 1. The average molecular weight is 267 g/mol. The SMILES string of the molecule is CCCNc1nc(N)c(C(=O)c2cccs2)s1. The summed E-state index contributed by atoms with van der Waals surface area (Å²) in [7, 11) is 0. The molecule has 2 aromatic rings. The summed E-state index contributed by atoms with van der Waals surface area (Å²) in [6.07, 6.45) is 1.01. The van der Waals surface area contributed by atoms with Gasteiger partial charge in [0.05, 0.1) is 4.88 Å². The highest BCUT2D eigenvalue weighted by atomic mass is 32.1. The fourth-order valence-electron chi connectivity index (χ4n) is 1.32. The molecule has 0 saturated heterocycles. The van der Waals surface area contributed by atoms with E-state index < -0.39 is 0 Å². The third-order valence-corrected chi connectivity index (χ3v) is 4.03. The van der Waals surface area contributed by atoms with E-state index in [-0.39, 0.29) is 5.78 Å². The van der Waals surface area contributed by atoms with Gasteiger partial charge in [0.1, 0.15) is 10.7 Å². The maximum Gasteiger partial charge on any atom is 0.216 e. The first-order valence-corrected chi connectivity index (χ1v) is 7.00. The van der Waals surface area contributed by atoms with Crippen molar-refractivity contribution >= 4 is 39.4 Å². The minimum Gasteiger partial charge on any atom is -0.382 e. The first-order valence-electron chi connectivity index (χ1n) is 5.30. The van der Waals surface area contributed by atoms with Crippen molar-refractivity contribution < 1.29 is 4.79 Å². The van der Waals surface area contributed by atoms with E-state index in [0.717, 1.165) is 13.0 Å². The number of nitrogens with zero attached hydrogens (tertiary/aromatic N) is 1. The van der Waals surface area contributed by atoms with E-state index in [0.29, 0.717) is 20.7 Å². The van der Waals surface area contributed by atoms with Gasteiger partial charge in [0, 0.05) is 6.54 Å². The van der Waals surface area contributed by atoms with Crippen LogP contribution < -0.4 is 11.1 Å². The Morgan fingerprint density at radius 1 is 1.59 bits per heavy atom. The van der Waals surface area contributed by atoms with E-state index in [2.05, 4.69) is 17.2 Å². The average Bonchev–Trinajstić information content (AvgIpc) is 2.94. The molecule has 90 valence electrons. The number of hydrogen-bond donors (Lipinski definition) is 2. The number of hydrogen-bond acceptors (Lipinski definition) is 6. The summed E-state index contributed by atoms with van der Waals surface area (Å²) in [6, 6.07) is 3.65. The third-order valence-electron chi connectivity index (χ3n) is 2.13. The highest BCUT2D eigenvalue weighted by Gasteiger charge is 2.18. The summed E-state index contributed by atoms with van der Waals surface area (Å²) in [5.74, 6) is 0.270.